The van der Waals surface area contributed by atoms with E-state index in [1.807, 2.05) is 13.8 Å². The number of β-amino-alcohol motifs (C(OH)–C–C–N with tert-alkyl or cyclic N) is 1. The maximum atomic E-state index is 13.6. The molecule has 2 N–H and O–H groups in total. The number of rotatable bonds is 9. The lowest BCUT2D eigenvalue weighted by Gasteiger charge is -2.29. The summed E-state index contributed by atoms with van der Waals surface area (Å²) in [5.74, 6) is -0.472. The maximum absolute atomic E-state index is 13.6. The summed E-state index contributed by atoms with van der Waals surface area (Å²) in [5, 5.41) is 13.6. The van der Waals surface area contributed by atoms with E-state index in [1.165, 1.54) is 31.3 Å². The number of benzene rings is 2. The molecule has 0 fully saturated rings. The molecule has 9 heteroatoms. The van der Waals surface area contributed by atoms with E-state index in [-0.39, 0.29) is 23.0 Å². The van der Waals surface area contributed by atoms with Gasteiger partial charge in [0.05, 0.1) is 16.0 Å². The molecule has 0 saturated heterocycles. The van der Waals surface area contributed by atoms with E-state index >= 15 is 0 Å². The van der Waals surface area contributed by atoms with E-state index < -0.39 is 27.5 Å². The number of likely N-dealkylation sites (N-methyl/N-ethyl adjacent to an activating group) is 1. The van der Waals surface area contributed by atoms with Crippen LogP contribution in [-0.2, 0) is 16.4 Å². The zero-order valence-electron chi connectivity index (χ0n) is 16.5. The molecule has 0 aliphatic carbocycles. The number of hydrogen-bond acceptors (Lipinski definition) is 4. The van der Waals surface area contributed by atoms with Crippen LogP contribution in [0.25, 0.3) is 0 Å². The predicted molar refractivity (Wildman–Crippen MR) is 117 cm³/mol. The fourth-order valence-corrected chi connectivity index (χ4v) is 4.45. The number of nitrogens with zero attached hydrogens (tertiary/aromatic N) is 1. The summed E-state index contributed by atoms with van der Waals surface area (Å²) in [5.41, 5.74) is 0.332. The highest BCUT2D eigenvalue weighted by molar-refractivity contribution is 9.10. The number of aliphatic hydroxyl groups excluding tert-OH is 1. The second-order valence-electron chi connectivity index (χ2n) is 7.58. The van der Waals surface area contributed by atoms with Gasteiger partial charge in [0.2, 0.25) is 10.0 Å². The van der Waals surface area contributed by atoms with Crippen LogP contribution in [0.5, 0.6) is 0 Å². The lowest BCUT2D eigenvalue weighted by atomic mass is 9.94. The molecule has 0 amide bonds. The van der Waals surface area contributed by atoms with E-state index in [4.69, 9.17) is 11.6 Å². The van der Waals surface area contributed by atoms with Crippen LogP contribution in [0.1, 0.15) is 19.4 Å². The van der Waals surface area contributed by atoms with Crippen LogP contribution in [0.15, 0.2) is 51.8 Å². The Hall–Kier alpha value is -1.03. The third-order valence-corrected chi connectivity index (χ3v) is 7.11. The minimum absolute atomic E-state index is 0.0585. The first-order valence-corrected chi connectivity index (χ1v) is 11.6. The van der Waals surface area contributed by atoms with E-state index in [9.17, 15) is 17.9 Å². The quantitative estimate of drug-likeness (QED) is 0.541. The van der Waals surface area contributed by atoms with E-state index in [2.05, 4.69) is 21.2 Å². The van der Waals surface area contributed by atoms with Gasteiger partial charge in [0.1, 0.15) is 5.82 Å². The molecule has 0 aliphatic heterocycles. The number of sulfonamides is 1. The van der Waals surface area contributed by atoms with E-state index in [0.29, 0.717) is 6.42 Å². The van der Waals surface area contributed by atoms with Crippen LogP contribution >= 0.6 is 27.5 Å². The van der Waals surface area contributed by atoms with Crippen molar-refractivity contribution >= 4 is 37.6 Å². The molecular formula is C20H25BrClFN2O3S. The first-order chi connectivity index (χ1) is 13.4. The van der Waals surface area contributed by atoms with Crippen molar-refractivity contribution in [2.45, 2.75) is 36.8 Å². The molecule has 0 aliphatic rings. The van der Waals surface area contributed by atoms with Gasteiger partial charge in [-0.05, 0) is 62.2 Å². The number of nitrogens with one attached hydrogen (secondary N) is 1. The Kier molecular flexibility index (Phi) is 8.23. The van der Waals surface area contributed by atoms with Crippen LogP contribution < -0.4 is 5.32 Å². The van der Waals surface area contributed by atoms with Crippen molar-refractivity contribution in [2.24, 2.45) is 0 Å². The molecule has 0 heterocycles. The molecule has 2 rings (SSSR count). The smallest absolute Gasteiger partial charge is 0.242 e. The van der Waals surface area contributed by atoms with Gasteiger partial charge in [-0.2, -0.15) is 4.31 Å². The standard InChI is InChI=1S/C20H25BrClFN2O3S/c1-20(2,11-14-4-9-18(22)19(23)10-14)24-12-16(26)13-25(3)29(27,28)17-7-5-15(21)6-8-17/h4-10,16,24,26H,11-13H2,1-3H3. The number of hydrogen-bond donors (Lipinski definition) is 2. The van der Waals surface area contributed by atoms with Crippen LogP contribution in [0.3, 0.4) is 0 Å². The van der Waals surface area contributed by atoms with Crippen molar-refractivity contribution in [1.29, 1.82) is 0 Å². The molecule has 2 aromatic carbocycles. The van der Waals surface area contributed by atoms with Gasteiger partial charge >= 0.3 is 0 Å². The lowest BCUT2D eigenvalue weighted by Crippen LogP contribution is -2.47. The highest BCUT2D eigenvalue weighted by Crippen LogP contribution is 2.20. The fourth-order valence-electron chi connectivity index (χ4n) is 2.86. The van der Waals surface area contributed by atoms with Crippen molar-refractivity contribution in [3.63, 3.8) is 0 Å². The Balaban J connectivity index is 1.92. The summed E-state index contributed by atoms with van der Waals surface area (Å²) in [4.78, 5) is 0.161. The first kappa shape index (κ1) is 24.2. The molecule has 0 saturated carbocycles. The summed E-state index contributed by atoms with van der Waals surface area (Å²) < 4.78 is 40.8. The highest BCUT2D eigenvalue weighted by atomic mass is 79.9. The molecule has 0 spiro atoms. The Bertz CT molecular complexity index is 939. The predicted octanol–water partition coefficient (Wildman–Crippen LogP) is 3.83. The Labute approximate surface area is 185 Å². The number of aliphatic hydroxyl groups is 1. The third-order valence-electron chi connectivity index (χ3n) is 4.44. The minimum atomic E-state index is -3.69. The summed E-state index contributed by atoms with van der Waals surface area (Å²) >= 11 is 8.99. The summed E-state index contributed by atoms with van der Waals surface area (Å²) in [6, 6.07) is 11.0. The van der Waals surface area contributed by atoms with Gasteiger partial charge in [-0.15, -0.1) is 0 Å². The Morgan fingerprint density at radius 3 is 2.45 bits per heavy atom. The average molecular weight is 508 g/mol. The summed E-state index contributed by atoms with van der Waals surface area (Å²) in [6.45, 7) is 3.98. The fraction of sp³-hybridized carbons (Fsp3) is 0.400. The molecule has 2 aromatic rings. The van der Waals surface area contributed by atoms with E-state index in [1.54, 1.807) is 18.2 Å². The molecule has 160 valence electrons. The van der Waals surface area contributed by atoms with Crippen molar-refractivity contribution in [3.05, 3.63) is 63.3 Å². The van der Waals surface area contributed by atoms with Gasteiger partial charge < -0.3 is 10.4 Å². The van der Waals surface area contributed by atoms with E-state index in [0.717, 1.165) is 14.3 Å². The van der Waals surface area contributed by atoms with Crippen LogP contribution in [0.2, 0.25) is 5.02 Å². The largest absolute Gasteiger partial charge is 0.390 e. The Morgan fingerprint density at radius 1 is 1.24 bits per heavy atom. The highest BCUT2D eigenvalue weighted by Gasteiger charge is 2.25. The van der Waals surface area contributed by atoms with Gasteiger partial charge in [0.25, 0.3) is 0 Å². The first-order valence-electron chi connectivity index (χ1n) is 9.00. The molecular weight excluding hydrogens is 483 g/mol. The Morgan fingerprint density at radius 2 is 1.86 bits per heavy atom. The van der Waals surface area contributed by atoms with Gasteiger partial charge in [-0.1, -0.05) is 33.6 Å². The molecule has 0 aromatic heterocycles. The zero-order chi connectivity index (χ0) is 21.8. The minimum Gasteiger partial charge on any atom is -0.390 e. The van der Waals surface area contributed by atoms with Crippen LogP contribution in [0.4, 0.5) is 4.39 Å². The average Bonchev–Trinajstić information content (AvgIpc) is 2.63. The van der Waals surface area contributed by atoms with Crippen molar-refractivity contribution in [1.82, 2.24) is 9.62 Å². The van der Waals surface area contributed by atoms with Crippen LogP contribution in [-0.4, -0.2) is 49.6 Å². The van der Waals surface area contributed by atoms with Gasteiger partial charge in [0.15, 0.2) is 0 Å². The molecule has 29 heavy (non-hydrogen) atoms. The second-order valence-corrected chi connectivity index (χ2v) is 11.0. The van der Waals surface area contributed by atoms with Crippen molar-refractivity contribution in [2.75, 3.05) is 20.1 Å². The lowest BCUT2D eigenvalue weighted by molar-refractivity contribution is 0.139. The van der Waals surface area contributed by atoms with Gasteiger partial charge in [-0.25, -0.2) is 12.8 Å². The molecule has 1 unspecified atom stereocenters. The molecule has 0 radical (unpaired) electrons. The SMILES string of the molecule is CN(CC(O)CNC(C)(C)Cc1ccc(Cl)c(F)c1)S(=O)(=O)c1ccc(Br)cc1. The molecule has 5 nitrogen and oxygen atoms in total. The zero-order valence-corrected chi connectivity index (χ0v) is 19.7. The molecule has 0 bridgehead atoms. The maximum Gasteiger partial charge on any atom is 0.242 e. The monoisotopic (exact) mass is 506 g/mol. The summed E-state index contributed by atoms with van der Waals surface area (Å²) in [6.07, 6.45) is -0.396. The normalized spacial score (nSPS) is 13.7. The van der Waals surface area contributed by atoms with Crippen LogP contribution in [0, 0.1) is 5.82 Å². The van der Waals surface area contributed by atoms with Crippen molar-refractivity contribution in [3.8, 4) is 0 Å². The van der Waals surface area contributed by atoms with Gasteiger partial charge in [-0.3, -0.25) is 0 Å². The topological polar surface area (TPSA) is 69.6 Å². The third kappa shape index (κ3) is 7.01. The van der Waals surface area contributed by atoms with Crippen molar-refractivity contribution < 1.29 is 17.9 Å². The second kappa shape index (κ2) is 9.85. The molecule has 1 atom stereocenters. The number of halogens is 3. The summed E-state index contributed by atoms with van der Waals surface area (Å²) in [7, 11) is -2.26. The van der Waals surface area contributed by atoms with Gasteiger partial charge in [0, 0.05) is 30.1 Å².